The maximum absolute atomic E-state index is 12.6. The van der Waals surface area contributed by atoms with Crippen molar-refractivity contribution in [3.63, 3.8) is 0 Å². The molecule has 3 aromatic rings. The zero-order chi connectivity index (χ0) is 18.9. The number of nitrogens with zero attached hydrogens (tertiary/aromatic N) is 2. The molecule has 0 bridgehead atoms. The lowest BCUT2D eigenvalue weighted by Gasteiger charge is -2.19. The molecule has 0 radical (unpaired) electrons. The second kappa shape index (κ2) is 7.16. The van der Waals surface area contributed by atoms with E-state index in [1.165, 1.54) is 15.6 Å². The number of hydrogen-bond acceptors (Lipinski definition) is 5. The van der Waals surface area contributed by atoms with Crippen molar-refractivity contribution in [3.05, 3.63) is 54.1 Å². The molecule has 0 spiro atoms. The molecule has 0 fully saturated rings. The monoisotopic (exact) mass is 402 g/mol. The first-order valence-corrected chi connectivity index (χ1v) is 10.9. The van der Waals surface area contributed by atoms with Crippen molar-refractivity contribution < 1.29 is 13.2 Å². The van der Waals surface area contributed by atoms with Crippen LogP contribution in [-0.2, 0) is 16.4 Å². The van der Waals surface area contributed by atoms with Crippen LogP contribution in [0.2, 0.25) is 0 Å². The summed E-state index contributed by atoms with van der Waals surface area (Å²) in [6, 6.07) is 14.6. The van der Waals surface area contributed by atoms with Gasteiger partial charge in [0.05, 0.1) is 21.7 Å². The zero-order valence-corrected chi connectivity index (χ0v) is 16.0. The molecule has 7 nitrogen and oxygen atoms in total. The summed E-state index contributed by atoms with van der Waals surface area (Å²) in [4.78, 5) is 16.3. The Balaban J connectivity index is 1.33. The van der Waals surface area contributed by atoms with Crippen molar-refractivity contribution in [1.29, 1.82) is 0 Å². The van der Waals surface area contributed by atoms with E-state index in [1.807, 2.05) is 48.5 Å². The van der Waals surface area contributed by atoms with Crippen LogP contribution in [-0.4, -0.2) is 38.3 Å². The minimum atomic E-state index is -3.48. The van der Waals surface area contributed by atoms with Gasteiger partial charge in [-0.1, -0.05) is 41.7 Å². The Bertz CT molecular complexity index is 1060. The van der Waals surface area contributed by atoms with Crippen LogP contribution in [0.3, 0.4) is 0 Å². The Morgan fingerprint density at radius 2 is 1.93 bits per heavy atom. The smallest absolute Gasteiger partial charge is 0.321 e. The largest absolute Gasteiger partial charge is 0.337 e. The van der Waals surface area contributed by atoms with Crippen molar-refractivity contribution >= 4 is 48.4 Å². The Hall–Kier alpha value is -2.65. The molecule has 2 N–H and O–H groups in total. The molecule has 0 aliphatic carbocycles. The third kappa shape index (κ3) is 3.74. The van der Waals surface area contributed by atoms with Gasteiger partial charge >= 0.3 is 6.03 Å². The molecular weight excluding hydrogens is 384 g/mol. The number of anilines is 2. The fourth-order valence-electron chi connectivity index (χ4n) is 3.07. The average molecular weight is 403 g/mol. The maximum Gasteiger partial charge on any atom is 0.321 e. The number of nitrogens with one attached hydrogen (secondary N) is 2. The predicted molar refractivity (Wildman–Crippen MR) is 108 cm³/mol. The molecule has 4 rings (SSSR count). The molecule has 0 saturated heterocycles. The van der Waals surface area contributed by atoms with Gasteiger partial charge in [-0.3, -0.25) is 9.62 Å². The lowest BCUT2D eigenvalue weighted by molar-refractivity contribution is 0.252. The van der Waals surface area contributed by atoms with E-state index in [-0.39, 0.29) is 12.3 Å². The van der Waals surface area contributed by atoms with Gasteiger partial charge < -0.3 is 5.32 Å². The minimum absolute atomic E-state index is 0.0255. The van der Waals surface area contributed by atoms with E-state index < -0.39 is 16.1 Å². The summed E-state index contributed by atoms with van der Waals surface area (Å²) in [6.45, 7) is 0.470. The topological polar surface area (TPSA) is 91.4 Å². The fraction of sp³-hybridized carbons (Fsp3) is 0.222. The summed E-state index contributed by atoms with van der Waals surface area (Å²) in [5.41, 5.74) is 2.58. The van der Waals surface area contributed by atoms with Gasteiger partial charge in [0.1, 0.15) is 0 Å². The molecule has 9 heteroatoms. The second-order valence-electron chi connectivity index (χ2n) is 6.13. The molecule has 27 heavy (non-hydrogen) atoms. The van der Waals surface area contributed by atoms with E-state index >= 15 is 0 Å². The lowest BCUT2D eigenvalue weighted by Crippen LogP contribution is -2.38. The van der Waals surface area contributed by atoms with E-state index in [4.69, 9.17) is 0 Å². The molecule has 2 aromatic carbocycles. The standard InChI is InChI=1S/C18H18N4O3S2/c23-17(21-18-20-14-6-2-4-8-16(14)26-18)19-10-12-27(24,25)22-11-9-13-5-1-3-7-15(13)22/h1-8H,9-12H2,(H2,19,20,21,23). The number of fused-ring (bicyclic) bond motifs is 2. The van der Waals surface area contributed by atoms with Crippen LogP contribution in [0.5, 0.6) is 0 Å². The SMILES string of the molecule is O=C(NCCS(=O)(=O)N1CCc2ccccc21)Nc1nc2ccccc2s1. The first kappa shape index (κ1) is 17.7. The van der Waals surface area contributed by atoms with E-state index in [0.717, 1.165) is 21.5 Å². The normalized spacial score (nSPS) is 13.6. The molecule has 0 unspecified atom stereocenters. The van der Waals surface area contributed by atoms with Gasteiger partial charge in [-0.05, 0) is 30.2 Å². The highest BCUT2D eigenvalue weighted by atomic mass is 32.2. The fourth-order valence-corrected chi connectivity index (χ4v) is 5.36. The summed E-state index contributed by atoms with van der Waals surface area (Å²) in [5, 5.41) is 5.72. The molecular formula is C18H18N4O3S2. The third-order valence-electron chi connectivity index (χ3n) is 4.34. The molecule has 1 aromatic heterocycles. The number of amides is 2. The highest BCUT2D eigenvalue weighted by Gasteiger charge is 2.28. The molecule has 1 aliphatic rings. The van der Waals surface area contributed by atoms with Crippen molar-refractivity contribution in [1.82, 2.24) is 10.3 Å². The van der Waals surface area contributed by atoms with Crippen molar-refractivity contribution in [2.24, 2.45) is 0 Å². The molecule has 1 aliphatic heterocycles. The summed E-state index contributed by atoms with van der Waals surface area (Å²) in [5.74, 6) is -0.158. The van der Waals surface area contributed by atoms with Gasteiger partial charge in [0, 0.05) is 13.1 Å². The first-order valence-electron chi connectivity index (χ1n) is 8.52. The summed E-state index contributed by atoms with van der Waals surface area (Å²) >= 11 is 1.37. The first-order chi connectivity index (χ1) is 13.0. The van der Waals surface area contributed by atoms with Gasteiger partial charge in [-0.15, -0.1) is 0 Å². The number of sulfonamides is 1. The Kier molecular flexibility index (Phi) is 4.71. The molecule has 0 saturated carbocycles. The van der Waals surface area contributed by atoms with E-state index in [9.17, 15) is 13.2 Å². The molecule has 2 amide bonds. The minimum Gasteiger partial charge on any atom is -0.337 e. The third-order valence-corrected chi connectivity index (χ3v) is 7.06. The zero-order valence-electron chi connectivity index (χ0n) is 14.4. The molecule has 140 valence electrons. The van der Waals surface area contributed by atoms with E-state index in [1.54, 1.807) is 0 Å². The predicted octanol–water partition coefficient (Wildman–Crippen LogP) is 2.81. The Labute approximate surface area is 161 Å². The van der Waals surface area contributed by atoms with Gasteiger partial charge in [0.15, 0.2) is 5.13 Å². The van der Waals surface area contributed by atoms with Crippen LogP contribution in [0.15, 0.2) is 48.5 Å². The quantitative estimate of drug-likeness (QED) is 0.687. The van der Waals surface area contributed by atoms with Gasteiger partial charge in [0.25, 0.3) is 0 Å². The number of carbonyl (C=O) groups excluding carboxylic acids is 1. The number of aromatic nitrogens is 1. The van der Waals surface area contributed by atoms with Crippen LogP contribution >= 0.6 is 11.3 Å². The van der Waals surface area contributed by atoms with Gasteiger partial charge in [0.2, 0.25) is 10.0 Å². The maximum atomic E-state index is 12.6. The number of hydrogen-bond donors (Lipinski definition) is 2. The van der Waals surface area contributed by atoms with Crippen LogP contribution in [0.1, 0.15) is 5.56 Å². The number of para-hydroxylation sites is 2. The highest BCUT2D eigenvalue weighted by Crippen LogP contribution is 2.30. The number of benzene rings is 2. The van der Waals surface area contributed by atoms with Crippen LogP contribution < -0.4 is 14.9 Å². The van der Waals surface area contributed by atoms with Crippen LogP contribution in [0.4, 0.5) is 15.6 Å². The summed E-state index contributed by atoms with van der Waals surface area (Å²) < 4.78 is 27.6. The Morgan fingerprint density at radius 3 is 2.78 bits per heavy atom. The number of rotatable bonds is 5. The second-order valence-corrected chi connectivity index (χ2v) is 9.18. The van der Waals surface area contributed by atoms with E-state index in [0.29, 0.717) is 18.1 Å². The number of urea groups is 1. The molecule has 2 heterocycles. The van der Waals surface area contributed by atoms with E-state index in [2.05, 4.69) is 15.6 Å². The van der Waals surface area contributed by atoms with Crippen molar-refractivity contribution in [3.8, 4) is 0 Å². The molecule has 0 atom stereocenters. The number of thiazole rings is 1. The Morgan fingerprint density at radius 1 is 1.15 bits per heavy atom. The summed E-state index contributed by atoms with van der Waals surface area (Å²) in [6.07, 6.45) is 0.709. The van der Waals surface area contributed by atoms with Crippen LogP contribution in [0.25, 0.3) is 10.2 Å². The van der Waals surface area contributed by atoms with Crippen LogP contribution in [0, 0.1) is 0 Å². The van der Waals surface area contributed by atoms with Gasteiger partial charge in [-0.25, -0.2) is 18.2 Å². The highest BCUT2D eigenvalue weighted by molar-refractivity contribution is 7.92. The van der Waals surface area contributed by atoms with Crippen molar-refractivity contribution in [2.45, 2.75) is 6.42 Å². The summed E-state index contributed by atoms with van der Waals surface area (Å²) in [7, 11) is -3.48. The lowest BCUT2D eigenvalue weighted by atomic mass is 10.2. The average Bonchev–Trinajstić information content (AvgIpc) is 3.25. The van der Waals surface area contributed by atoms with Crippen molar-refractivity contribution in [2.75, 3.05) is 28.5 Å². The number of carbonyl (C=O) groups is 1. The van der Waals surface area contributed by atoms with Gasteiger partial charge in [-0.2, -0.15) is 0 Å².